The molecule has 0 spiro atoms. The number of anilines is 1. The summed E-state index contributed by atoms with van der Waals surface area (Å²) in [5.74, 6) is -1.34. The molecule has 0 saturated heterocycles. The summed E-state index contributed by atoms with van der Waals surface area (Å²) >= 11 is 0. The van der Waals surface area contributed by atoms with Crippen LogP contribution in [0.25, 0.3) is 0 Å². The van der Waals surface area contributed by atoms with Gasteiger partial charge in [0.05, 0.1) is 5.69 Å². The third-order valence-corrected chi connectivity index (χ3v) is 5.08. The van der Waals surface area contributed by atoms with E-state index in [2.05, 4.69) is 10.6 Å². The monoisotopic (exact) mass is 387 g/mol. The summed E-state index contributed by atoms with van der Waals surface area (Å²) in [4.78, 5) is 26.5. The molecule has 1 aliphatic rings. The summed E-state index contributed by atoms with van der Waals surface area (Å²) in [5, 5.41) is 5.32. The van der Waals surface area contributed by atoms with E-state index in [9.17, 15) is 18.4 Å². The van der Waals surface area contributed by atoms with Crippen LogP contribution >= 0.6 is 0 Å². The molecule has 1 aliphatic carbocycles. The number of benzene rings is 2. The van der Waals surface area contributed by atoms with E-state index in [1.165, 1.54) is 29.2 Å². The van der Waals surface area contributed by atoms with Crippen LogP contribution in [0, 0.1) is 17.6 Å². The number of rotatable bonds is 4. The first-order chi connectivity index (χ1) is 13.3. The second kappa shape index (κ2) is 8.37. The smallest absolute Gasteiger partial charge is 0.319 e. The lowest BCUT2D eigenvalue weighted by molar-refractivity contribution is -0.133. The summed E-state index contributed by atoms with van der Waals surface area (Å²) in [6, 6.07) is 11.2. The van der Waals surface area contributed by atoms with Gasteiger partial charge in [0, 0.05) is 26.1 Å². The highest BCUT2D eigenvalue weighted by Crippen LogP contribution is 2.40. The molecule has 3 rings (SSSR count). The first-order valence-electron chi connectivity index (χ1n) is 9.14. The molecule has 7 heteroatoms. The Kier molecular flexibility index (Phi) is 5.92. The average molecular weight is 387 g/mol. The molecule has 5 nitrogen and oxygen atoms in total. The number of para-hydroxylation sites is 1. The maximum absolute atomic E-state index is 13.7. The Hall–Kier alpha value is -2.96. The molecule has 2 N–H and O–H groups in total. The first kappa shape index (κ1) is 19.8. The van der Waals surface area contributed by atoms with Crippen molar-refractivity contribution in [3.05, 3.63) is 65.7 Å². The standard InChI is InChI=1S/C21H23F2N3O2/c1-26(2)20(27)17-12-15(11-16(17)13-7-9-14(22)10-8-13)24-21(28)25-19-6-4-3-5-18(19)23/h3-10,15-17H,11-12H2,1-2H3,(H2,24,25,28)/t15-,16+,17-/m0/s1. The molecule has 0 aliphatic heterocycles. The van der Waals surface area contributed by atoms with Crippen LogP contribution in [0.15, 0.2) is 48.5 Å². The van der Waals surface area contributed by atoms with Crippen molar-refractivity contribution in [1.82, 2.24) is 10.2 Å². The van der Waals surface area contributed by atoms with Gasteiger partial charge in [0.15, 0.2) is 0 Å². The Morgan fingerprint density at radius 3 is 2.32 bits per heavy atom. The van der Waals surface area contributed by atoms with E-state index < -0.39 is 11.8 Å². The van der Waals surface area contributed by atoms with Crippen LogP contribution in [0.2, 0.25) is 0 Å². The van der Waals surface area contributed by atoms with Crippen LogP contribution in [-0.2, 0) is 4.79 Å². The van der Waals surface area contributed by atoms with Crippen LogP contribution in [0.5, 0.6) is 0 Å². The van der Waals surface area contributed by atoms with Gasteiger partial charge < -0.3 is 15.5 Å². The van der Waals surface area contributed by atoms with Crippen LogP contribution < -0.4 is 10.6 Å². The van der Waals surface area contributed by atoms with Crippen molar-refractivity contribution in [2.45, 2.75) is 24.8 Å². The Bertz CT molecular complexity index is 855. The topological polar surface area (TPSA) is 61.4 Å². The van der Waals surface area contributed by atoms with Gasteiger partial charge in [-0.15, -0.1) is 0 Å². The zero-order chi connectivity index (χ0) is 20.3. The molecule has 1 fully saturated rings. The third kappa shape index (κ3) is 4.47. The van der Waals surface area contributed by atoms with Gasteiger partial charge in [-0.2, -0.15) is 0 Å². The highest BCUT2D eigenvalue weighted by Gasteiger charge is 2.40. The van der Waals surface area contributed by atoms with Crippen LogP contribution in [-0.4, -0.2) is 37.0 Å². The summed E-state index contributed by atoms with van der Waals surface area (Å²) < 4.78 is 27.0. The number of nitrogens with one attached hydrogen (secondary N) is 2. The molecule has 0 aromatic heterocycles. The predicted octanol–water partition coefficient (Wildman–Crippen LogP) is 3.74. The lowest BCUT2D eigenvalue weighted by atomic mass is 9.88. The minimum atomic E-state index is -0.522. The van der Waals surface area contributed by atoms with Crippen molar-refractivity contribution < 1.29 is 18.4 Å². The zero-order valence-electron chi connectivity index (χ0n) is 15.8. The molecule has 0 radical (unpaired) electrons. The van der Waals surface area contributed by atoms with E-state index in [0.717, 1.165) is 5.56 Å². The number of nitrogens with zero attached hydrogens (tertiary/aromatic N) is 1. The van der Waals surface area contributed by atoms with Crippen molar-refractivity contribution in [3.8, 4) is 0 Å². The summed E-state index contributed by atoms with van der Waals surface area (Å²) in [5.41, 5.74) is 0.953. The van der Waals surface area contributed by atoms with Crippen molar-refractivity contribution in [3.63, 3.8) is 0 Å². The SMILES string of the molecule is CN(C)C(=O)[C@H]1C[C@@H](NC(=O)Nc2ccccc2F)C[C@@H]1c1ccc(F)cc1. The summed E-state index contributed by atoms with van der Waals surface area (Å²) in [6.45, 7) is 0. The Morgan fingerprint density at radius 2 is 1.68 bits per heavy atom. The molecule has 1 saturated carbocycles. The minimum absolute atomic E-state index is 0.0341. The quantitative estimate of drug-likeness (QED) is 0.840. The fraction of sp³-hybridized carbons (Fsp3) is 0.333. The van der Waals surface area contributed by atoms with Gasteiger partial charge in [-0.1, -0.05) is 24.3 Å². The highest BCUT2D eigenvalue weighted by atomic mass is 19.1. The molecule has 3 amide bonds. The Morgan fingerprint density at radius 1 is 1.00 bits per heavy atom. The number of carbonyl (C=O) groups is 2. The van der Waals surface area contributed by atoms with Crippen molar-refractivity contribution >= 4 is 17.6 Å². The van der Waals surface area contributed by atoms with Gasteiger partial charge >= 0.3 is 6.03 Å². The molecule has 0 unspecified atom stereocenters. The van der Waals surface area contributed by atoms with E-state index in [0.29, 0.717) is 12.8 Å². The second-order valence-corrected chi connectivity index (χ2v) is 7.24. The molecule has 0 bridgehead atoms. The lowest BCUT2D eigenvalue weighted by Crippen LogP contribution is -2.37. The molecule has 2 aromatic carbocycles. The summed E-state index contributed by atoms with van der Waals surface area (Å²) in [7, 11) is 3.38. The van der Waals surface area contributed by atoms with E-state index >= 15 is 0 Å². The largest absolute Gasteiger partial charge is 0.349 e. The molecular weight excluding hydrogens is 364 g/mol. The molecular formula is C21H23F2N3O2. The summed E-state index contributed by atoms with van der Waals surface area (Å²) in [6.07, 6.45) is 1.00. The Balaban J connectivity index is 1.72. The maximum atomic E-state index is 13.7. The molecule has 3 atom stereocenters. The van der Waals surface area contributed by atoms with Crippen LogP contribution in [0.1, 0.15) is 24.3 Å². The van der Waals surface area contributed by atoms with Gasteiger partial charge in [-0.25, -0.2) is 13.6 Å². The fourth-order valence-corrected chi connectivity index (χ4v) is 3.74. The van der Waals surface area contributed by atoms with Gasteiger partial charge in [0.25, 0.3) is 0 Å². The molecule has 2 aromatic rings. The minimum Gasteiger partial charge on any atom is -0.349 e. The maximum Gasteiger partial charge on any atom is 0.319 e. The van der Waals surface area contributed by atoms with Crippen molar-refractivity contribution in [2.24, 2.45) is 5.92 Å². The highest BCUT2D eigenvalue weighted by molar-refractivity contribution is 5.89. The van der Waals surface area contributed by atoms with Crippen molar-refractivity contribution in [1.29, 1.82) is 0 Å². The number of amides is 3. The van der Waals surface area contributed by atoms with Gasteiger partial charge in [-0.3, -0.25) is 4.79 Å². The molecule has 0 heterocycles. The zero-order valence-corrected chi connectivity index (χ0v) is 15.8. The lowest BCUT2D eigenvalue weighted by Gasteiger charge is -2.22. The van der Waals surface area contributed by atoms with Gasteiger partial charge in [0.1, 0.15) is 11.6 Å². The number of carbonyl (C=O) groups excluding carboxylic acids is 2. The van der Waals surface area contributed by atoms with E-state index in [4.69, 9.17) is 0 Å². The van der Waals surface area contributed by atoms with E-state index in [1.807, 2.05) is 0 Å². The second-order valence-electron chi connectivity index (χ2n) is 7.24. The fourth-order valence-electron chi connectivity index (χ4n) is 3.74. The predicted molar refractivity (Wildman–Crippen MR) is 103 cm³/mol. The van der Waals surface area contributed by atoms with Gasteiger partial charge in [0.2, 0.25) is 5.91 Å². The Labute approximate surface area is 162 Å². The number of halogens is 2. The van der Waals surface area contributed by atoms with Gasteiger partial charge in [-0.05, 0) is 48.6 Å². The van der Waals surface area contributed by atoms with Crippen molar-refractivity contribution in [2.75, 3.05) is 19.4 Å². The molecule has 148 valence electrons. The first-order valence-corrected chi connectivity index (χ1v) is 9.14. The average Bonchev–Trinajstić information content (AvgIpc) is 3.07. The third-order valence-electron chi connectivity index (χ3n) is 5.08. The van der Waals surface area contributed by atoms with Crippen LogP contribution in [0.3, 0.4) is 0 Å². The molecule has 28 heavy (non-hydrogen) atoms. The van der Waals surface area contributed by atoms with E-state index in [1.54, 1.807) is 38.4 Å². The number of hydrogen-bond acceptors (Lipinski definition) is 2. The van der Waals surface area contributed by atoms with E-state index in [-0.39, 0.29) is 35.3 Å². The number of hydrogen-bond donors (Lipinski definition) is 2. The normalized spacial score (nSPS) is 21.2. The number of urea groups is 1. The van der Waals surface area contributed by atoms with Crippen LogP contribution in [0.4, 0.5) is 19.3 Å².